The quantitative estimate of drug-likeness (QED) is 0.387. The third-order valence-corrected chi connectivity index (χ3v) is 4.86. The molecule has 0 aliphatic rings. The first-order valence-electron chi connectivity index (χ1n) is 8.51. The molecule has 0 saturated carbocycles. The molecule has 0 radical (unpaired) electrons. The summed E-state index contributed by atoms with van der Waals surface area (Å²) in [5.41, 5.74) is 3.36. The molecular formula is C21H21FN2OS. The summed E-state index contributed by atoms with van der Waals surface area (Å²) in [7, 11) is 0. The van der Waals surface area contributed by atoms with Crippen molar-refractivity contribution in [2.45, 2.75) is 37.6 Å². The SMILES string of the molecule is Cc1ccccc1CSc1nc(Oc2ccccc2F)cc(C(C)C)n1. The highest BCUT2D eigenvalue weighted by molar-refractivity contribution is 7.98. The summed E-state index contributed by atoms with van der Waals surface area (Å²) in [5, 5.41) is 0.630. The maximum Gasteiger partial charge on any atom is 0.223 e. The van der Waals surface area contributed by atoms with Crippen LogP contribution in [0.4, 0.5) is 4.39 Å². The van der Waals surface area contributed by atoms with Gasteiger partial charge in [-0.05, 0) is 36.1 Å². The highest BCUT2D eigenvalue weighted by Gasteiger charge is 2.12. The molecule has 1 heterocycles. The monoisotopic (exact) mass is 368 g/mol. The number of aryl methyl sites for hydroxylation is 1. The molecular weight excluding hydrogens is 347 g/mol. The van der Waals surface area contributed by atoms with Gasteiger partial charge in [-0.3, -0.25) is 0 Å². The summed E-state index contributed by atoms with van der Waals surface area (Å²) in [4.78, 5) is 9.08. The Bertz CT molecular complexity index is 899. The molecule has 5 heteroatoms. The van der Waals surface area contributed by atoms with Crippen LogP contribution < -0.4 is 4.74 Å². The van der Waals surface area contributed by atoms with E-state index in [1.54, 1.807) is 36.0 Å². The smallest absolute Gasteiger partial charge is 0.223 e. The molecule has 0 aliphatic carbocycles. The van der Waals surface area contributed by atoms with Crippen LogP contribution in [0.3, 0.4) is 0 Å². The predicted octanol–water partition coefficient (Wildman–Crippen LogP) is 6.13. The van der Waals surface area contributed by atoms with Crippen molar-refractivity contribution in [3.63, 3.8) is 0 Å². The molecule has 134 valence electrons. The Labute approximate surface area is 157 Å². The number of nitrogens with zero attached hydrogens (tertiary/aromatic N) is 2. The van der Waals surface area contributed by atoms with Crippen molar-refractivity contribution >= 4 is 11.8 Å². The number of ether oxygens (including phenoxy) is 1. The Morgan fingerprint density at radius 2 is 1.77 bits per heavy atom. The number of rotatable bonds is 6. The van der Waals surface area contributed by atoms with Crippen LogP contribution in [0.2, 0.25) is 0 Å². The molecule has 0 fully saturated rings. The van der Waals surface area contributed by atoms with Crippen molar-refractivity contribution in [1.29, 1.82) is 0 Å². The van der Waals surface area contributed by atoms with Crippen molar-refractivity contribution in [3.8, 4) is 11.6 Å². The van der Waals surface area contributed by atoms with Gasteiger partial charge < -0.3 is 4.74 Å². The number of benzene rings is 2. The molecule has 2 aromatic carbocycles. The van der Waals surface area contributed by atoms with Crippen LogP contribution in [0, 0.1) is 12.7 Å². The molecule has 3 aromatic rings. The molecule has 0 amide bonds. The standard InChI is InChI=1S/C21H21FN2OS/c1-14(2)18-12-20(25-19-11-7-6-10-17(19)22)24-21(23-18)26-13-16-9-5-4-8-15(16)3/h4-12,14H,13H2,1-3H3. The fourth-order valence-electron chi connectivity index (χ4n) is 2.39. The van der Waals surface area contributed by atoms with E-state index in [1.165, 1.54) is 17.2 Å². The molecule has 0 aliphatic heterocycles. The van der Waals surface area contributed by atoms with Crippen LogP contribution in [0.5, 0.6) is 11.6 Å². The van der Waals surface area contributed by atoms with E-state index in [2.05, 4.69) is 42.9 Å². The Balaban J connectivity index is 1.84. The van der Waals surface area contributed by atoms with Gasteiger partial charge in [0.25, 0.3) is 0 Å². The average Bonchev–Trinajstić information content (AvgIpc) is 2.63. The first-order chi connectivity index (χ1) is 12.5. The van der Waals surface area contributed by atoms with Crippen LogP contribution in [0.25, 0.3) is 0 Å². The third-order valence-electron chi connectivity index (χ3n) is 3.96. The Kier molecular flexibility index (Phi) is 5.89. The van der Waals surface area contributed by atoms with E-state index >= 15 is 0 Å². The summed E-state index contributed by atoms with van der Waals surface area (Å²) in [6.45, 7) is 6.21. The van der Waals surface area contributed by atoms with Crippen LogP contribution in [-0.2, 0) is 5.75 Å². The summed E-state index contributed by atoms with van der Waals surface area (Å²) in [6, 6.07) is 16.3. The molecule has 3 rings (SSSR count). The molecule has 0 saturated heterocycles. The van der Waals surface area contributed by atoms with E-state index in [0.29, 0.717) is 11.0 Å². The fraction of sp³-hybridized carbons (Fsp3) is 0.238. The minimum absolute atomic E-state index is 0.163. The lowest BCUT2D eigenvalue weighted by Crippen LogP contribution is -2.00. The maximum atomic E-state index is 13.9. The first-order valence-corrected chi connectivity index (χ1v) is 9.50. The van der Waals surface area contributed by atoms with Gasteiger partial charge in [-0.1, -0.05) is 62.0 Å². The minimum Gasteiger partial charge on any atom is -0.436 e. The average molecular weight is 368 g/mol. The highest BCUT2D eigenvalue weighted by atomic mass is 32.2. The summed E-state index contributed by atoms with van der Waals surface area (Å²) >= 11 is 1.55. The summed E-state index contributed by atoms with van der Waals surface area (Å²) in [5.74, 6) is 1.11. The lowest BCUT2D eigenvalue weighted by molar-refractivity contribution is 0.420. The van der Waals surface area contributed by atoms with E-state index in [-0.39, 0.29) is 11.7 Å². The lowest BCUT2D eigenvalue weighted by Gasteiger charge is -2.11. The van der Waals surface area contributed by atoms with Gasteiger partial charge >= 0.3 is 0 Å². The molecule has 0 atom stereocenters. The van der Waals surface area contributed by atoms with Gasteiger partial charge in [-0.15, -0.1) is 0 Å². The molecule has 0 unspecified atom stereocenters. The highest BCUT2D eigenvalue weighted by Crippen LogP contribution is 2.29. The molecule has 26 heavy (non-hydrogen) atoms. The van der Waals surface area contributed by atoms with E-state index < -0.39 is 5.82 Å². The Hall–Kier alpha value is -2.40. The van der Waals surface area contributed by atoms with E-state index in [0.717, 1.165) is 11.4 Å². The Morgan fingerprint density at radius 3 is 2.50 bits per heavy atom. The second-order valence-corrected chi connectivity index (χ2v) is 7.26. The van der Waals surface area contributed by atoms with Gasteiger partial charge in [0.2, 0.25) is 5.88 Å². The zero-order chi connectivity index (χ0) is 18.5. The molecule has 0 bridgehead atoms. The maximum absolute atomic E-state index is 13.9. The number of aromatic nitrogens is 2. The molecule has 1 aromatic heterocycles. The molecule has 0 N–H and O–H groups in total. The number of hydrogen-bond donors (Lipinski definition) is 0. The van der Waals surface area contributed by atoms with Crippen LogP contribution in [-0.4, -0.2) is 9.97 Å². The zero-order valence-corrected chi connectivity index (χ0v) is 15.9. The van der Waals surface area contributed by atoms with Gasteiger partial charge in [0, 0.05) is 11.8 Å². The van der Waals surface area contributed by atoms with Crippen molar-refractivity contribution in [1.82, 2.24) is 9.97 Å². The number of hydrogen-bond acceptors (Lipinski definition) is 4. The van der Waals surface area contributed by atoms with Gasteiger partial charge in [-0.25, -0.2) is 9.37 Å². The second kappa shape index (κ2) is 8.32. The lowest BCUT2D eigenvalue weighted by atomic mass is 10.1. The normalized spacial score (nSPS) is 11.0. The van der Waals surface area contributed by atoms with Crippen molar-refractivity contribution in [3.05, 3.63) is 77.2 Å². The van der Waals surface area contributed by atoms with Gasteiger partial charge in [0.15, 0.2) is 16.7 Å². The fourth-order valence-corrected chi connectivity index (χ4v) is 3.32. The van der Waals surface area contributed by atoms with Gasteiger partial charge in [-0.2, -0.15) is 4.98 Å². The van der Waals surface area contributed by atoms with E-state index in [9.17, 15) is 4.39 Å². The second-order valence-electron chi connectivity index (χ2n) is 6.32. The van der Waals surface area contributed by atoms with Gasteiger partial charge in [0.1, 0.15) is 0 Å². The van der Waals surface area contributed by atoms with Crippen molar-refractivity contribution in [2.24, 2.45) is 0 Å². The minimum atomic E-state index is -0.411. The molecule has 0 spiro atoms. The largest absolute Gasteiger partial charge is 0.436 e. The van der Waals surface area contributed by atoms with Crippen LogP contribution >= 0.6 is 11.8 Å². The van der Waals surface area contributed by atoms with Gasteiger partial charge in [0.05, 0.1) is 5.69 Å². The van der Waals surface area contributed by atoms with E-state index in [4.69, 9.17) is 4.74 Å². The van der Waals surface area contributed by atoms with E-state index in [1.807, 2.05) is 12.1 Å². The van der Waals surface area contributed by atoms with Crippen LogP contribution in [0.1, 0.15) is 36.6 Å². The number of halogens is 1. The Morgan fingerprint density at radius 1 is 1.04 bits per heavy atom. The summed E-state index contributed by atoms with van der Waals surface area (Å²) in [6.07, 6.45) is 0. The van der Waals surface area contributed by atoms with Crippen molar-refractivity contribution in [2.75, 3.05) is 0 Å². The molecule has 3 nitrogen and oxygen atoms in total. The van der Waals surface area contributed by atoms with Crippen molar-refractivity contribution < 1.29 is 9.13 Å². The topological polar surface area (TPSA) is 35.0 Å². The number of para-hydroxylation sites is 1. The van der Waals surface area contributed by atoms with Crippen LogP contribution in [0.15, 0.2) is 59.8 Å². The zero-order valence-electron chi connectivity index (χ0n) is 15.1. The number of thioether (sulfide) groups is 1. The predicted molar refractivity (Wildman–Crippen MR) is 103 cm³/mol. The first kappa shape index (κ1) is 18.4. The third kappa shape index (κ3) is 4.61. The summed E-state index contributed by atoms with van der Waals surface area (Å²) < 4.78 is 19.6.